The smallest absolute Gasteiger partial charge is 0.184 e. The number of halogens is 1. The average molecular weight is 307 g/mol. The zero-order valence-electron chi connectivity index (χ0n) is 11.5. The molecule has 0 radical (unpaired) electrons. The number of nitrogens with one attached hydrogen (secondary N) is 1. The zero-order chi connectivity index (χ0) is 14.3. The molecule has 0 spiro atoms. The van der Waals surface area contributed by atoms with Gasteiger partial charge in [-0.25, -0.2) is 4.98 Å². The molecule has 1 atom stereocenters. The van der Waals surface area contributed by atoms with Gasteiger partial charge in [0.1, 0.15) is 11.5 Å². The topological polar surface area (TPSA) is 38.1 Å². The van der Waals surface area contributed by atoms with Crippen molar-refractivity contribution in [3.8, 4) is 0 Å². The Hall–Kier alpha value is -1.52. The lowest BCUT2D eigenvalue weighted by molar-refractivity contribution is 0.500. The van der Waals surface area contributed by atoms with Crippen molar-refractivity contribution >= 4 is 38.3 Å². The van der Waals surface area contributed by atoms with E-state index in [2.05, 4.69) is 23.3 Å². The van der Waals surface area contributed by atoms with Crippen molar-refractivity contribution in [2.24, 2.45) is 0 Å². The van der Waals surface area contributed by atoms with Crippen LogP contribution in [0.4, 0.5) is 5.13 Å². The monoisotopic (exact) mass is 306 g/mol. The van der Waals surface area contributed by atoms with Crippen LogP contribution in [0.3, 0.4) is 0 Å². The minimum Gasteiger partial charge on any atom is -0.466 e. The number of rotatable bonds is 3. The van der Waals surface area contributed by atoms with E-state index in [1.807, 2.05) is 32.0 Å². The highest BCUT2D eigenvalue weighted by atomic mass is 35.5. The highest BCUT2D eigenvalue weighted by molar-refractivity contribution is 7.22. The van der Waals surface area contributed by atoms with Gasteiger partial charge in [0, 0.05) is 5.56 Å². The molecule has 3 nitrogen and oxygen atoms in total. The second-order valence-corrected chi connectivity index (χ2v) is 6.25. The van der Waals surface area contributed by atoms with Crippen LogP contribution >= 0.6 is 22.9 Å². The van der Waals surface area contributed by atoms with Crippen LogP contribution in [0.5, 0.6) is 0 Å². The van der Waals surface area contributed by atoms with Gasteiger partial charge in [-0.3, -0.25) is 0 Å². The van der Waals surface area contributed by atoms with Crippen molar-refractivity contribution in [3.63, 3.8) is 0 Å². The molecule has 2 heterocycles. The average Bonchev–Trinajstić information content (AvgIpc) is 2.93. The molecule has 1 unspecified atom stereocenters. The quantitative estimate of drug-likeness (QED) is 0.710. The van der Waals surface area contributed by atoms with Crippen LogP contribution < -0.4 is 5.32 Å². The normalized spacial score (nSPS) is 12.8. The van der Waals surface area contributed by atoms with Crippen LogP contribution in [0.1, 0.15) is 30.0 Å². The van der Waals surface area contributed by atoms with Gasteiger partial charge in [0.2, 0.25) is 0 Å². The van der Waals surface area contributed by atoms with Gasteiger partial charge in [-0.15, -0.1) is 0 Å². The Morgan fingerprint density at radius 1 is 1.35 bits per heavy atom. The van der Waals surface area contributed by atoms with E-state index >= 15 is 0 Å². The largest absolute Gasteiger partial charge is 0.466 e. The Balaban J connectivity index is 1.89. The number of thiazole rings is 1. The molecule has 3 aromatic rings. The molecular formula is C15H15ClN2OS. The summed E-state index contributed by atoms with van der Waals surface area (Å²) in [5.74, 6) is 1.88. The fourth-order valence-electron chi connectivity index (χ4n) is 2.32. The third-order valence-electron chi connectivity index (χ3n) is 3.25. The summed E-state index contributed by atoms with van der Waals surface area (Å²) in [7, 11) is 0. The molecule has 0 aliphatic carbocycles. The summed E-state index contributed by atoms with van der Waals surface area (Å²) in [5, 5.41) is 5.04. The molecule has 1 N–H and O–H groups in total. The molecule has 0 fully saturated rings. The molecule has 0 amide bonds. The Kier molecular flexibility index (Phi) is 3.44. The maximum Gasteiger partial charge on any atom is 0.184 e. The van der Waals surface area contributed by atoms with Crippen LogP contribution in [-0.4, -0.2) is 4.98 Å². The molecule has 0 saturated heterocycles. The van der Waals surface area contributed by atoms with Gasteiger partial charge in [-0.1, -0.05) is 29.0 Å². The number of nitrogens with zero attached hydrogens (tertiary/aromatic N) is 1. The highest BCUT2D eigenvalue weighted by Crippen LogP contribution is 2.34. The van der Waals surface area contributed by atoms with E-state index in [-0.39, 0.29) is 6.04 Å². The predicted molar refractivity (Wildman–Crippen MR) is 84.8 cm³/mol. The number of hydrogen-bond donors (Lipinski definition) is 1. The first kappa shape index (κ1) is 13.5. The highest BCUT2D eigenvalue weighted by Gasteiger charge is 2.15. The SMILES string of the molecule is Cc1cc(C(C)Nc2nc3cccc(Cl)c3s2)c(C)o1. The van der Waals surface area contributed by atoms with Crippen LogP contribution in [0.15, 0.2) is 28.7 Å². The van der Waals surface area contributed by atoms with E-state index in [0.29, 0.717) is 0 Å². The van der Waals surface area contributed by atoms with Crippen LogP contribution in [0.2, 0.25) is 5.02 Å². The Morgan fingerprint density at radius 2 is 2.15 bits per heavy atom. The molecule has 0 saturated carbocycles. The zero-order valence-corrected chi connectivity index (χ0v) is 13.1. The van der Waals surface area contributed by atoms with Crippen molar-refractivity contribution in [2.45, 2.75) is 26.8 Å². The molecule has 1 aromatic carbocycles. The standard InChI is InChI=1S/C15H15ClN2OS/c1-8-7-11(10(3)19-8)9(2)17-15-18-13-6-4-5-12(16)14(13)20-15/h4-7,9H,1-3H3,(H,17,18). The number of fused-ring (bicyclic) bond motifs is 1. The van der Waals surface area contributed by atoms with Gasteiger partial charge >= 0.3 is 0 Å². The molecule has 20 heavy (non-hydrogen) atoms. The maximum absolute atomic E-state index is 6.18. The molecule has 3 rings (SSSR count). The summed E-state index contributed by atoms with van der Waals surface area (Å²) in [6.07, 6.45) is 0. The predicted octanol–water partition coefficient (Wildman–Crippen LogP) is 5.33. The first-order valence-corrected chi connectivity index (χ1v) is 7.62. The van der Waals surface area contributed by atoms with Crippen molar-refractivity contribution in [1.82, 2.24) is 4.98 Å². The van der Waals surface area contributed by atoms with Gasteiger partial charge in [0.15, 0.2) is 5.13 Å². The van der Waals surface area contributed by atoms with Crippen molar-refractivity contribution < 1.29 is 4.42 Å². The number of benzene rings is 1. The molecule has 0 aliphatic rings. The Labute approximate surface area is 126 Å². The molecule has 0 bridgehead atoms. The van der Waals surface area contributed by atoms with Gasteiger partial charge in [-0.2, -0.15) is 0 Å². The van der Waals surface area contributed by atoms with Crippen LogP contribution in [-0.2, 0) is 0 Å². The molecule has 104 valence electrons. The number of anilines is 1. The maximum atomic E-state index is 6.18. The first-order valence-electron chi connectivity index (χ1n) is 6.43. The second kappa shape index (κ2) is 5.11. The van der Waals surface area contributed by atoms with E-state index in [4.69, 9.17) is 16.0 Å². The molecular weight excluding hydrogens is 292 g/mol. The van der Waals surface area contributed by atoms with Crippen molar-refractivity contribution in [3.05, 3.63) is 46.4 Å². The third-order valence-corrected chi connectivity index (χ3v) is 4.72. The number of hydrogen-bond acceptors (Lipinski definition) is 4. The van der Waals surface area contributed by atoms with Gasteiger partial charge in [-0.05, 0) is 39.0 Å². The van der Waals surface area contributed by atoms with E-state index in [9.17, 15) is 0 Å². The number of aryl methyl sites for hydroxylation is 2. The van der Waals surface area contributed by atoms with Crippen molar-refractivity contribution in [1.29, 1.82) is 0 Å². The second-order valence-electron chi connectivity index (χ2n) is 4.84. The van der Waals surface area contributed by atoms with E-state index in [1.54, 1.807) is 11.3 Å². The van der Waals surface area contributed by atoms with E-state index < -0.39 is 0 Å². The van der Waals surface area contributed by atoms with Crippen molar-refractivity contribution in [2.75, 3.05) is 5.32 Å². The lowest BCUT2D eigenvalue weighted by Gasteiger charge is -2.11. The summed E-state index contributed by atoms with van der Waals surface area (Å²) < 4.78 is 6.59. The third kappa shape index (κ3) is 2.41. The molecule has 0 aliphatic heterocycles. The van der Waals surface area contributed by atoms with Crippen LogP contribution in [0.25, 0.3) is 10.2 Å². The van der Waals surface area contributed by atoms with Gasteiger partial charge in [0.05, 0.1) is 21.3 Å². The van der Waals surface area contributed by atoms with Crippen LogP contribution in [0, 0.1) is 13.8 Å². The van der Waals surface area contributed by atoms with Gasteiger partial charge < -0.3 is 9.73 Å². The lowest BCUT2D eigenvalue weighted by atomic mass is 10.1. The Bertz CT molecular complexity index is 762. The Morgan fingerprint density at radius 3 is 2.80 bits per heavy atom. The first-order chi connectivity index (χ1) is 9.54. The van der Waals surface area contributed by atoms with Gasteiger partial charge in [0.25, 0.3) is 0 Å². The summed E-state index contributed by atoms with van der Waals surface area (Å²) in [6.45, 7) is 6.04. The summed E-state index contributed by atoms with van der Waals surface area (Å²) in [5.41, 5.74) is 2.09. The lowest BCUT2D eigenvalue weighted by Crippen LogP contribution is -2.06. The molecule has 2 aromatic heterocycles. The summed E-state index contributed by atoms with van der Waals surface area (Å²) in [4.78, 5) is 4.57. The number of furan rings is 1. The molecule has 5 heteroatoms. The van der Waals surface area contributed by atoms with E-state index in [0.717, 1.165) is 37.5 Å². The fourth-order valence-corrected chi connectivity index (χ4v) is 3.56. The summed E-state index contributed by atoms with van der Waals surface area (Å²) >= 11 is 7.75. The number of aromatic nitrogens is 1. The summed E-state index contributed by atoms with van der Waals surface area (Å²) in [6, 6.07) is 7.99. The fraction of sp³-hybridized carbons (Fsp3) is 0.267. The van der Waals surface area contributed by atoms with E-state index in [1.165, 1.54) is 0 Å². The minimum atomic E-state index is 0.145. The minimum absolute atomic E-state index is 0.145.